The minimum absolute atomic E-state index is 0. The van der Waals surface area contributed by atoms with E-state index in [1.807, 2.05) is 35.2 Å². The van der Waals surface area contributed by atoms with Gasteiger partial charge in [0.2, 0.25) is 0 Å². The normalized spacial score (nSPS) is 20.9. The van der Waals surface area contributed by atoms with Crippen molar-refractivity contribution in [2.45, 2.75) is 25.9 Å². The molecule has 4 nitrogen and oxygen atoms in total. The van der Waals surface area contributed by atoms with Crippen molar-refractivity contribution in [3.8, 4) is 0 Å². The first-order valence-electron chi connectivity index (χ1n) is 7.04. The first-order chi connectivity index (χ1) is 9.65. The molecule has 2 unspecified atom stereocenters. The Morgan fingerprint density at radius 2 is 1.77 bits per heavy atom. The number of amides is 1. The van der Waals surface area contributed by atoms with Gasteiger partial charge in [0, 0.05) is 36.8 Å². The molecule has 1 aromatic carbocycles. The van der Waals surface area contributed by atoms with Gasteiger partial charge in [0.15, 0.2) is 0 Å². The number of halogens is 2. The molecule has 3 rings (SSSR count). The Kier molecular flexibility index (Phi) is 6.60. The van der Waals surface area contributed by atoms with Gasteiger partial charge in [-0.3, -0.25) is 9.78 Å². The molecule has 1 saturated heterocycles. The van der Waals surface area contributed by atoms with Gasteiger partial charge in [0.25, 0.3) is 5.91 Å². The summed E-state index contributed by atoms with van der Waals surface area (Å²) in [4.78, 5) is 19.1. The van der Waals surface area contributed by atoms with E-state index in [2.05, 4.69) is 24.1 Å². The van der Waals surface area contributed by atoms with Crippen LogP contribution < -0.4 is 5.32 Å². The average molecular weight is 342 g/mol. The SMILES string of the molecule is CC1CN(C(=O)c2cccc3cccnc23)CC(C)N1.Cl.Cl. The molecule has 1 amide bonds. The first-order valence-corrected chi connectivity index (χ1v) is 7.04. The zero-order valence-corrected chi connectivity index (χ0v) is 14.3. The van der Waals surface area contributed by atoms with E-state index in [9.17, 15) is 4.79 Å². The van der Waals surface area contributed by atoms with E-state index < -0.39 is 0 Å². The van der Waals surface area contributed by atoms with Crippen molar-refractivity contribution in [1.29, 1.82) is 0 Å². The van der Waals surface area contributed by atoms with Crippen molar-refractivity contribution < 1.29 is 4.79 Å². The van der Waals surface area contributed by atoms with Crippen molar-refractivity contribution in [2.75, 3.05) is 13.1 Å². The third-order valence-electron chi connectivity index (χ3n) is 3.71. The number of rotatable bonds is 1. The zero-order valence-electron chi connectivity index (χ0n) is 12.7. The zero-order chi connectivity index (χ0) is 14.1. The molecule has 0 spiro atoms. The fourth-order valence-corrected chi connectivity index (χ4v) is 2.94. The predicted octanol–water partition coefficient (Wildman–Crippen LogP) is 2.90. The number of fused-ring (bicyclic) bond motifs is 1. The van der Waals surface area contributed by atoms with Crippen LogP contribution in [-0.4, -0.2) is 41.0 Å². The maximum Gasteiger partial charge on any atom is 0.256 e. The standard InChI is InChI=1S/C16H19N3O.2ClH/c1-11-9-19(10-12(2)18-11)16(20)14-7-3-5-13-6-4-8-17-15(13)14;;/h3-8,11-12,18H,9-10H2,1-2H3;2*1H. The lowest BCUT2D eigenvalue weighted by molar-refractivity contribution is 0.0675. The largest absolute Gasteiger partial charge is 0.335 e. The molecule has 1 fully saturated rings. The minimum atomic E-state index is 0. The van der Waals surface area contributed by atoms with Crippen LogP contribution in [0.1, 0.15) is 24.2 Å². The maximum atomic E-state index is 12.8. The third-order valence-corrected chi connectivity index (χ3v) is 3.71. The van der Waals surface area contributed by atoms with Crippen LogP contribution in [0.4, 0.5) is 0 Å². The number of nitrogens with one attached hydrogen (secondary N) is 1. The third kappa shape index (κ3) is 3.69. The van der Waals surface area contributed by atoms with Crippen LogP contribution >= 0.6 is 24.8 Å². The van der Waals surface area contributed by atoms with Crippen LogP contribution in [0.5, 0.6) is 0 Å². The number of hydrogen-bond acceptors (Lipinski definition) is 3. The molecule has 2 aromatic rings. The number of aromatic nitrogens is 1. The lowest BCUT2D eigenvalue weighted by atomic mass is 10.1. The van der Waals surface area contributed by atoms with Crippen molar-refractivity contribution in [2.24, 2.45) is 0 Å². The highest BCUT2D eigenvalue weighted by molar-refractivity contribution is 6.05. The molecule has 0 saturated carbocycles. The minimum Gasteiger partial charge on any atom is -0.335 e. The van der Waals surface area contributed by atoms with Crippen LogP contribution in [0, 0.1) is 0 Å². The summed E-state index contributed by atoms with van der Waals surface area (Å²) in [6.45, 7) is 5.70. The van der Waals surface area contributed by atoms with E-state index in [0.717, 1.165) is 24.0 Å². The molecular formula is C16H21Cl2N3O. The molecule has 2 heterocycles. The van der Waals surface area contributed by atoms with Crippen molar-refractivity contribution in [1.82, 2.24) is 15.2 Å². The van der Waals surface area contributed by atoms with Crippen molar-refractivity contribution >= 4 is 41.6 Å². The summed E-state index contributed by atoms with van der Waals surface area (Å²) in [6, 6.07) is 10.3. The molecule has 0 aliphatic carbocycles. The number of nitrogens with zero attached hydrogens (tertiary/aromatic N) is 2. The quantitative estimate of drug-likeness (QED) is 0.867. The summed E-state index contributed by atoms with van der Waals surface area (Å²) >= 11 is 0. The maximum absolute atomic E-state index is 12.8. The molecule has 1 N–H and O–H groups in total. The lowest BCUT2D eigenvalue weighted by Gasteiger charge is -2.36. The number of piperazine rings is 1. The summed E-state index contributed by atoms with van der Waals surface area (Å²) < 4.78 is 0. The molecule has 6 heteroatoms. The van der Waals surface area contributed by atoms with E-state index in [1.165, 1.54) is 0 Å². The summed E-state index contributed by atoms with van der Waals surface area (Å²) in [5, 5.41) is 4.45. The Hall–Kier alpha value is -1.36. The van der Waals surface area contributed by atoms with Gasteiger partial charge >= 0.3 is 0 Å². The summed E-state index contributed by atoms with van der Waals surface area (Å²) in [6.07, 6.45) is 1.74. The Morgan fingerprint density at radius 3 is 2.45 bits per heavy atom. The van der Waals surface area contributed by atoms with Gasteiger partial charge in [-0.05, 0) is 26.0 Å². The second-order valence-corrected chi connectivity index (χ2v) is 5.56. The fraction of sp³-hybridized carbons (Fsp3) is 0.375. The van der Waals surface area contributed by atoms with Crippen LogP contribution in [0.15, 0.2) is 36.5 Å². The molecule has 22 heavy (non-hydrogen) atoms. The number of para-hydroxylation sites is 1. The average Bonchev–Trinajstić information content (AvgIpc) is 2.45. The second-order valence-electron chi connectivity index (χ2n) is 5.56. The Labute approximate surface area is 143 Å². The molecule has 1 aromatic heterocycles. The molecule has 2 atom stereocenters. The van der Waals surface area contributed by atoms with Gasteiger partial charge in [0.1, 0.15) is 0 Å². The highest BCUT2D eigenvalue weighted by atomic mass is 35.5. The highest BCUT2D eigenvalue weighted by Crippen LogP contribution is 2.19. The van der Waals surface area contributed by atoms with Crippen LogP contribution in [0.25, 0.3) is 10.9 Å². The Morgan fingerprint density at radius 1 is 1.14 bits per heavy atom. The van der Waals surface area contributed by atoms with E-state index in [-0.39, 0.29) is 30.7 Å². The summed E-state index contributed by atoms with van der Waals surface area (Å²) in [7, 11) is 0. The smallest absolute Gasteiger partial charge is 0.256 e. The van der Waals surface area contributed by atoms with E-state index in [1.54, 1.807) is 6.20 Å². The number of benzene rings is 1. The van der Waals surface area contributed by atoms with Gasteiger partial charge in [0.05, 0.1) is 11.1 Å². The van der Waals surface area contributed by atoms with Gasteiger partial charge in [-0.1, -0.05) is 18.2 Å². The Bertz CT molecular complexity index is 635. The fourth-order valence-electron chi connectivity index (χ4n) is 2.94. The summed E-state index contributed by atoms with van der Waals surface area (Å²) in [5.41, 5.74) is 1.49. The monoisotopic (exact) mass is 341 g/mol. The number of carbonyl (C=O) groups excluding carboxylic acids is 1. The van der Waals surface area contributed by atoms with Gasteiger partial charge in [-0.2, -0.15) is 0 Å². The number of hydrogen-bond donors (Lipinski definition) is 1. The van der Waals surface area contributed by atoms with Crippen LogP contribution in [0.2, 0.25) is 0 Å². The molecule has 120 valence electrons. The van der Waals surface area contributed by atoms with E-state index in [4.69, 9.17) is 0 Å². The van der Waals surface area contributed by atoms with Crippen molar-refractivity contribution in [3.05, 3.63) is 42.1 Å². The first kappa shape index (κ1) is 18.7. The van der Waals surface area contributed by atoms with Gasteiger partial charge in [-0.25, -0.2) is 0 Å². The van der Waals surface area contributed by atoms with Crippen LogP contribution in [0.3, 0.4) is 0 Å². The molecule has 1 aliphatic rings. The molecule has 0 radical (unpaired) electrons. The number of pyridine rings is 1. The summed E-state index contributed by atoms with van der Waals surface area (Å²) in [5.74, 6) is 0.0782. The second kappa shape index (κ2) is 7.77. The Balaban J connectivity index is 0.00000121. The molecule has 0 bridgehead atoms. The predicted molar refractivity (Wildman–Crippen MR) is 94.2 cm³/mol. The molecular weight excluding hydrogens is 321 g/mol. The lowest BCUT2D eigenvalue weighted by Crippen LogP contribution is -2.55. The van der Waals surface area contributed by atoms with E-state index in [0.29, 0.717) is 17.6 Å². The topological polar surface area (TPSA) is 45.2 Å². The van der Waals surface area contributed by atoms with Gasteiger partial charge < -0.3 is 10.2 Å². The number of carbonyl (C=O) groups is 1. The van der Waals surface area contributed by atoms with Gasteiger partial charge in [-0.15, -0.1) is 24.8 Å². The highest BCUT2D eigenvalue weighted by Gasteiger charge is 2.26. The van der Waals surface area contributed by atoms with Crippen LogP contribution in [-0.2, 0) is 0 Å². The van der Waals surface area contributed by atoms with E-state index >= 15 is 0 Å². The molecule has 1 aliphatic heterocycles. The van der Waals surface area contributed by atoms with Crippen molar-refractivity contribution in [3.63, 3.8) is 0 Å².